The van der Waals surface area contributed by atoms with Crippen molar-refractivity contribution in [3.05, 3.63) is 35.6 Å². The zero-order chi connectivity index (χ0) is 9.40. The fraction of sp³-hybridized carbons (Fsp3) is 0.125. The van der Waals surface area contributed by atoms with Gasteiger partial charge < -0.3 is 5.21 Å². The lowest BCUT2D eigenvalue weighted by molar-refractivity contribution is 0.112. The van der Waals surface area contributed by atoms with Crippen molar-refractivity contribution in [1.29, 1.82) is 0 Å². The molecule has 0 saturated carbocycles. The number of benzene rings is 1. The summed E-state index contributed by atoms with van der Waals surface area (Å²) in [4.78, 5) is 9.99. The standard InChI is InChI=1S/C7H5FO.CH5NO/c8-7-4-2-1-3-6(7)5-9;1-2-3/h1-5H;2-3H,1H3. The van der Waals surface area contributed by atoms with E-state index in [1.165, 1.54) is 19.2 Å². The Labute approximate surface area is 69.8 Å². The van der Waals surface area contributed by atoms with E-state index in [9.17, 15) is 9.18 Å². The summed E-state index contributed by atoms with van der Waals surface area (Å²) in [5.74, 6) is -0.465. The lowest BCUT2D eigenvalue weighted by Gasteiger charge is -1.88. The van der Waals surface area contributed by atoms with Crippen molar-refractivity contribution in [3.8, 4) is 0 Å². The molecule has 0 saturated heterocycles. The molecule has 0 amide bonds. The van der Waals surface area contributed by atoms with E-state index in [4.69, 9.17) is 5.21 Å². The third-order valence-corrected chi connectivity index (χ3v) is 1.03. The smallest absolute Gasteiger partial charge is 0.152 e. The number of hydroxylamine groups is 1. The Morgan fingerprint density at radius 2 is 2.00 bits per heavy atom. The number of aldehydes is 1. The molecule has 1 rings (SSSR count). The van der Waals surface area contributed by atoms with Gasteiger partial charge in [0.05, 0.1) is 5.56 Å². The van der Waals surface area contributed by atoms with E-state index in [0.29, 0.717) is 6.29 Å². The van der Waals surface area contributed by atoms with E-state index < -0.39 is 5.82 Å². The van der Waals surface area contributed by atoms with Crippen LogP contribution in [-0.2, 0) is 0 Å². The first-order valence-electron chi connectivity index (χ1n) is 3.26. The first-order chi connectivity index (χ1) is 5.76. The number of carbonyl (C=O) groups is 1. The van der Waals surface area contributed by atoms with Crippen LogP contribution in [0.15, 0.2) is 24.3 Å². The van der Waals surface area contributed by atoms with Gasteiger partial charge in [0.15, 0.2) is 6.29 Å². The molecule has 0 aromatic heterocycles. The van der Waals surface area contributed by atoms with Gasteiger partial charge in [-0.1, -0.05) is 12.1 Å². The zero-order valence-electron chi connectivity index (χ0n) is 6.62. The lowest BCUT2D eigenvalue weighted by Crippen LogP contribution is -1.91. The van der Waals surface area contributed by atoms with Gasteiger partial charge in [-0.2, -0.15) is 0 Å². The van der Waals surface area contributed by atoms with Crippen molar-refractivity contribution >= 4 is 6.29 Å². The first kappa shape index (κ1) is 10.7. The summed E-state index contributed by atoms with van der Waals surface area (Å²) in [5.41, 5.74) is 1.86. The van der Waals surface area contributed by atoms with Gasteiger partial charge in [-0.25, -0.2) is 9.87 Å². The minimum atomic E-state index is -0.465. The third-order valence-electron chi connectivity index (χ3n) is 1.03. The monoisotopic (exact) mass is 171 g/mol. The number of hydrogen-bond donors (Lipinski definition) is 2. The fourth-order valence-corrected chi connectivity index (χ4v) is 0.571. The van der Waals surface area contributed by atoms with E-state index in [2.05, 4.69) is 0 Å². The number of halogens is 1. The summed E-state index contributed by atoms with van der Waals surface area (Å²) in [6.07, 6.45) is 0.495. The molecule has 1 aromatic carbocycles. The second-order valence-corrected chi connectivity index (χ2v) is 1.86. The molecule has 4 heteroatoms. The summed E-state index contributed by atoms with van der Waals surface area (Å²) in [7, 11) is 1.43. The molecule has 0 aliphatic carbocycles. The highest BCUT2D eigenvalue weighted by atomic mass is 19.1. The molecule has 0 radical (unpaired) electrons. The summed E-state index contributed by atoms with van der Waals surface area (Å²) in [6.45, 7) is 0. The van der Waals surface area contributed by atoms with Crippen molar-refractivity contribution < 1.29 is 14.4 Å². The molecule has 12 heavy (non-hydrogen) atoms. The quantitative estimate of drug-likeness (QED) is 0.493. The van der Waals surface area contributed by atoms with Crippen LogP contribution in [0, 0.1) is 5.82 Å². The molecule has 66 valence electrons. The van der Waals surface area contributed by atoms with Crippen LogP contribution in [0.2, 0.25) is 0 Å². The maximum Gasteiger partial charge on any atom is 0.152 e. The Morgan fingerprint density at radius 3 is 2.33 bits per heavy atom. The molecule has 0 bridgehead atoms. The Kier molecular flexibility index (Phi) is 5.77. The van der Waals surface area contributed by atoms with Crippen molar-refractivity contribution in [3.63, 3.8) is 0 Å². The maximum atomic E-state index is 12.4. The molecule has 0 spiro atoms. The van der Waals surface area contributed by atoms with Crippen molar-refractivity contribution in [1.82, 2.24) is 5.48 Å². The molecule has 2 N–H and O–H groups in total. The fourth-order valence-electron chi connectivity index (χ4n) is 0.571. The Hall–Kier alpha value is -1.26. The summed E-state index contributed by atoms with van der Waals surface area (Å²) < 4.78 is 12.4. The van der Waals surface area contributed by atoms with Crippen molar-refractivity contribution in [2.45, 2.75) is 0 Å². The van der Waals surface area contributed by atoms with Crippen LogP contribution in [0.25, 0.3) is 0 Å². The molecule has 0 heterocycles. The van der Waals surface area contributed by atoms with Crippen LogP contribution in [-0.4, -0.2) is 18.5 Å². The number of rotatable bonds is 1. The van der Waals surface area contributed by atoms with Gasteiger partial charge in [0.1, 0.15) is 5.82 Å². The average Bonchev–Trinajstić information content (AvgIpc) is 2.07. The van der Waals surface area contributed by atoms with Crippen LogP contribution in [0.3, 0.4) is 0 Å². The Bertz CT molecular complexity index is 240. The molecule has 0 unspecified atom stereocenters. The number of hydrogen-bond acceptors (Lipinski definition) is 3. The van der Waals surface area contributed by atoms with Crippen molar-refractivity contribution in [2.24, 2.45) is 0 Å². The molecule has 3 nitrogen and oxygen atoms in total. The van der Waals surface area contributed by atoms with Gasteiger partial charge in [0.2, 0.25) is 0 Å². The lowest BCUT2D eigenvalue weighted by atomic mass is 10.2. The van der Waals surface area contributed by atoms with Gasteiger partial charge in [0, 0.05) is 7.05 Å². The van der Waals surface area contributed by atoms with Gasteiger partial charge in [0.25, 0.3) is 0 Å². The summed E-state index contributed by atoms with van der Waals surface area (Å²) in [5, 5.41) is 7.32. The third kappa shape index (κ3) is 3.80. The second kappa shape index (κ2) is 6.45. The topological polar surface area (TPSA) is 49.3 Å². The van der Waals surface area contributed by atoms with Crippen molar-refractivity contribution in [2.75, 3.05) is 7.05 Å². The van der Waals surface area contributed by atoms with Gasteiger partial charge >= 0.3 is 0 Å². The minimum Gasteiger partial charge on any atom is -0.317 e. The summed E-state index contributed by atoms with van der Waals surface area (Å²) >= 11 is 0. The predicted molar refractivity (Wildman–Crippen MR) is 42.6 cm³/mol. The molecular formula is C8H10FNO2. The predicted octanol–water partition coefficient (Wildman–Crippen LogP) is 1.23. The second-order valence-electron chi connectivity index (χ2n) is 1.86. The van der Waals surface area contributed by atoms with E-state index >= 15 is 0 Å². The SMILES string of the molecule is CNO.O=Cc1ccccc1F. The van der Waals surface area contributed by atoms with Gasteiger partial charge in [-0.15, -0.1) is 0 Å². The maximum absolute atomic E-state index is 12.4. The van der Waals surface area contributed by atoms with Crippen LogP contribution in [0.1, 0.15) is 10.4 Å². The molecule has 0 aliphatic rings. The largest absolute Gasteiger partial charge is 0.317 e. The van der Waals surface area contributed by atoms with Crippen LogP contribution in [0.5, 0.6) is 0 Å². The summed E-state index contributed by atoms with van der Waals surface area (Å²) in [6, 6.07) is 5.85. The molecular weight excluding hydrogens is 161 g/mol. The first-order valence-corrected chi connectivity index (χ1v) is 3.26. The number of carbonyl (C=O) groups excluding carboxylic acids is 1. The highest BCUT2D eigenvalue weighted by Crippen LogP contribution is 2.01. The normalized spacial score (nSPS) is 8.25. The van der Waals surface area contributed by atoms with Crippen LogP contribution in [0.4, 0.5) is 4.39 Å². The van der Waals surface area contributed by atoms with Crippen LogP contribution >= 0.6 is 0 Å². The van der Waals surface area contributed by atoms with E-state index in [1.807, 2.05) is 0 Å². The van der Waals surface area contributed by atoms with Gasteiger partial charge in [-0.05, 0) is 12.1 Å². The van der Waals surface area contributed by atoms with Crippen LogP contribution < -0.4 is 5.48 Å². The molecule has 1 aromatic rings. The minimum absolute atomic E-state index is 0.109. The van der Waals surface area contributed by atoms with E-state index in [0.717, 1.165) is 0 Å². The highest BCUT2D eigenvalue weighted by Gasteiger charge is 1.94. The van der Waals surface area contributed by atoms with E-state index in [-0.39, 0.29) is 5.56 Å². The molecule has 0 fully saturated rings. The Morgan fingerprint density at radius 1 is 1.50 bits per heavy atom. The molecule has 0 atom stereocenters. The zero-order valence-corrected chi connectivity index (χ0v) is 6.62. The van der Waals surface area contributed by atoms with Gasteiger partial charge in [-0.3, -0.25) is 4.79 Å². The average molecular weight is 171 g/mol. The van der Waals surface area contributed by atoms with E-state index in [1.54, 1.807) is 17.6 Å². The Balaban J connectivity index is 0.000000354. The molecule has 0 aliphatic heterocycles. The number of nitrogens with one attached hydrogen (secondary N) is 1. The highest BCUT2D eigenvalue weighted by molar-refractivity contribution is 5.74.